The molecule has 1 aromatic carbocycles. The minimum absolute atomic E-state index is 0.0184. The second-order valence-corrected chi connectivity index (χ2v) is 8.41. The van der Waals surface area contributed by atoms with Crippen molar-refractivity contribution >= 4 is 40.1 Å². The van der Waals surface area contributed by atoms with Gasteiger partial charge in [-0.05, 0) is 41.8 Å². The number of benzene rings is 1. The number of ether oxygens (including phenoxy) is 1. The van der Waals surface area contributed by atoms with Gasteiger partial charge in [0.05, 0.1) is 28.5 Å². The number of carbonyl (C=O) groups excluding carboxylic acids is 2. The molecule has 0 unspecified atom stereocenters. The summed E-state index contributed by atoms with van der Waals surface area (Å²) in [6.45, 7) is -0.0972. The van der Waals surface area contributed by atoms with Gasteiger partial charge in [0.25, 0.3) is 5.91 Å². The van der Waals surface area contributed by atoms with E-state index in [-0.39, 0.29) is 24.8 Å². The van der Waals surface area contributed by atoms with Crippen molar-refractivity contribution in [1.29, 1.82) is 0 Å². The molecule has 6 nitrogen and oxygen atoms in total. The molecule has 4 aromatic rings. The number of aromatic nitrogens is 2. The molecule has 0 aliphatic carbocycles. The van der Waals surface area contributed by atoms with Crippen molar-refractivity contribution < 1.29 is 14.3 Å². The van der Waals surface area contributed by atoms with Gasteiger partial charge < -0.3 is 4.74 Å². The number of Topliss-reactive ketones (excluding diaryl/α,β-unsaturated/α-hetero) is 1. The number of fused-ring (bicyclic) bond motifs is 1. The summed E-state index contributed by atoms with van der Waals surface area (Å²) in [4.78, 5) is 36.3. The molecule has 4 heterocycles. The Kier molecular flexibility index (Phi) is 4.86. The molecule has 0 N–H and O–H groups in total. The minimum Gasteiger partial charge on any atom is -0.482 e. The van der Waals surface area contributed by atoms with Crippen LogP contribution in [-0.4, -0.2) is 34.8 Å². The molecule has 0 bridgehead atoms. The third kappa shape index (κ3) is 3.51. The third-order valence-electron chi connectivity index (χ3n) is 4.68. The average molecular weight is 434 g/mol. The molecule has 0 fully saturated rings. The zero-order chi connectivity index (χ0) is 20.5. The zero-order valence-corrected chi connectivity index (χ0v) is 17.3. The van der Waals surface area contributed by atoms with Crippen LogP contribution in [0.25, 0.3) is 22.0 Å². The maximum absolute atomic E-state index is 12.6. The number of nitrogens with zero attached hydrogens (tertiary/aromatic N) is 3. The molecule has 5 rings (SSSR count). The van der Waals surface area contributed by atoms with Crippen LogP contribution in [0.5, 0.6) is 5.75 Å². The van der Waals surface area contributed by atoms with Gasteiger partial charge >= 0.3 is 0 Å². The number of hydrogen-bond acceptors (Lipinski definition) is 7. The van der Waals surface area contributed by atoms with E-state index in [0.717, 1.165) is 22.0 Å². The molecule has 0 spiro atoms. The molecule has 1 aliphatic rings. The Labute approximate surface area is 180 Å². The van der Waals surface area contributed by atoms with Crippen LogP contribution in [0.2, 0.25) is 0 Å². The maximum Gasteiger partial charge on any atom is 0.265 e. The molecular weight excluding hydrogens is 418 g/mol. The summed E-state index contributed by atoms with van der Waals surface area (Å²) in [7, 11) is 0. The Bertz CT molecular complexity index is 1220. The van der Waals surface area contributed by atoms with Gasteiger partial charge in [-0.15, -0.1) is 22.7 Å². The summed E-state index contributed by atoms with van der Waals surface area (Å²) in [5, 5.41) is 4.63. The molecule has 1 aliphatic heterocycles. The van der Waals surface area contributed by atoms with Gasteiger partial charge in [-0.2, -0.15) is 0 Å². The normalized spacial score (nSPS) is 13.1. The molecule has 30 heavy (non-hydrogen) atoms. The Hall–Kier alpha value is -3.36. The summed E-state index contributed by atoms with van der Waals surface area (Å²) in [5.41, 5.74) is 3.03. The predicted molar refractivity (Wildman–Crippen MR) is 117 cm³/mol. The number of rotatable bonds is 5. The largest absolute Gasteiger partial charge is 0.482 e. The van der Waals surface area contributed by atoms with Crippen LogP contribution >= 0.6 is 22.7 Å². The first-order valence-corrected chi connectivity index (χ1v) is 11.0. The van der Waals surface area contributed by atoms with Gasteiger partial charge in [0.1, 0.15) is 10.8 Å². The Morgan fingerprint density at radius 1 is 1.10 bits per heavy atom. The lowest BCUT2D eigenvalue weighted by Crippen LogP contribution is -2.41. The van der Waals surface area contributed by atoms with Gasteiger partial charge in [-0.3, -0.25) is 19.5 Å². The first kappa shape index (κ1) is 18.7. The van der Waals surface area contributed by atoms with Crippen molar-refractivity contribution in [1.82, 2.24) is 9.97 Å². The molecule has 1 amide bonds. The molecule has 3 aromatic heterocycles. The number of carbonyl (C=O) groups is 2. The quantitative estimate of drug-likeness (QED) is 0.432. The highest BCUT2D eigenvalue weighted by Crippen LogP contribution is 2.37. The monoisotopic (exact) mass is 433 g/mol. The Morgan fingerprint density at radius 3 is 2.83 bits per heavy atom. The Morgan fingerprint density at radius 2 is 2.03 bits per heavy atom. The molecule has 0 saturated heterocycles. The van der Waals surface area contributed by atoms with Crippen molar-refractivity contribution in [3.8, 4) is 27.7 Å². The van der Waals surface area contributed by atoms with E-state index in [0.29, 0.717) is 16.3 Å². The van der Waals surface area contributed by atoms with E-state index in [1.54, 1.807) is 12.3 Å². The minimum atomic E-state index is -0.239. The van der Waals surface area contributed by atoms with Crippen LogP contribution in [0.15, 0.2) is 65.5 Å². The van der Waals surface area contributed by atoms with Crippen molar-refractivity contribution in [2.45, 2.75) is 0 Å². The number of hydrogen-bond donors (Lipinski definition) is 0. The first-order chi connectivity index (χ1) is 14.7. The van der Waals surface area contributed by atoms with Gasteiger partial charge in [-0.1, -0.05) is 12.1 Å². The fraction of sp³-hybridized carbons (Fsp3) is 0.0909. The van der Waals surface area contributed by atoms with Gasteiger partial charge in [-0.25, -0.2) is 4.98 Å². The topological polar surface area (TPSA) is 72.4 Å². The van der Waals surface area contributed by atoms with E-state index in [1.165, 1.54) is 27.6 Å². The summed E-state index contributed by atoms with van der Waals surface area (Å²) in [6.07, 6.45) is 1.74. The van der Waals surface area contributed by atoms with Gasteiger partial charge in [0.15, 0.2) is 12.4 Å². The van der Waals surface area contributed by atoms with E-state index in [2.05, 4.69) is 4.98 Å². The van der Waals surface area contributed by atoms with E-state index < -0.39 is 0 Å². The van der Waals surface area contributed by atoms with Crippen LogP contribution < -0.4 is 9.64 Å². The maximum atomic E-state index is 12.6. The predicted octanol–water partition coefficient (Wildman–Crippen LogP) is 4.54. The number of anilines is 1. The second kappa shape index (κ2) is 7.81. The molecule has 0 saturated carbocycles. The van der Waals surface area contributed by atoms with Gasteiger partial charge in [0, 0.05) is 17.1 Å². The highest BCUT2D eigenvalue weighted by Gasteiger charge is 2.28. The fourth-order valence-corrected chi connectivity index (χ4v) is 4.67. The van der Waals surface area contributed by atoms with Crippen LogP contribution in [0.3, 0.4) is 0 Å². The summed E-state index contributed by atoms with van der Waals surface area (Å²) >= 11 is 2.88. The summed E-state index contributed by atoms with van der Waals surface area (Å²) < 4.78 is 5.58. The molecule has 0 radical (unpaired) electrons. The zero-order valence-electron chi connectivity index (χ0n) is 15.6. The number of ketones is 1. The standard InChI is InChI=1S/C22H15N3O3S2/c26-18(20-5-3-9-29-20)11-25-17-10-14(6-7-19(17)28-12-21(25)27)16-13-30-22(24-16)15-4-1-2-8-23-15/h1-10,13H,11-12H2. The molecular formula is C22H15N3O3S2. The smallest absolute Gasteiger partial charge is 0.265 e. The van der Waals surface area contributed by atoms with E-state index >= 15 is 0 Å². The van der Waals surface area contributed by atoms with Crippen LogP contribution in [0.4, 0.5) is 5.69 Å². The third-order valence-corrected chi connectivity index (χ3v) is 6.46. The van der Waals surface area contributed by atoms with Crippen molar-refractivity contribution in [3.63, 3.8) is 0 Å². The lowest BCUT2D eigenvalue weighted by atomic mass is 10.1. The number of pyridine rings is 1. The summed E-state index contributed by atoms with van der Waals surface area (Å²) in [6, 6.07) is 14.9. The van der Waals surface area contributed by atoms with Crippen LogP contribution in [-0.2, 0) is 4.79 Å². The molecule has 148 valence electrons. The van der Waals surface area contributed by atoms with E-state index in [1.807, 2.05) is 53.2 Å². The Balaban J connectivity index is 1.47. The molecule has 8 heteroatoms. The van der Waals surface area contributed by atoms with Crippen molar-refractivity contribution in [2.75, 3.05) is 18.1 Å². The van der Waals surface area contributed by atoms with Crippen molar-refractivity contribution in [3.05, 3.63) is 70.4 Å². The van der Waals surface area contributed by atoms with Crippen molar-refractivity contribution in [2.24, 2.45) is 0 Å². The second-order valence-electron chi connectivity index (χ2n) is 6.60. The number of thiazole rings is 1. The lowest BCUT2D eigenvalue weighted by molar-refractivity contribution is -0.121. The average Bonchev–Trinajstić information content (AvgIpc) is 3.49. The number of thiophene rings is 1. The highest BCUT2D eigenvalue weighted by atomic mass is 32.1. The lowest BCUT2D eigenvalue weighted by Gasteiger charge is -2.29. The summed E-state index contributed by atoms with van der Waals surface area (Å²) in [5.74, 6) is 0.247. The first-order valence-electron chi connectivity index (χ1n) is 9.20. The highest BCUT2D eigenvalue weighted by molar-refractivity contribution is 7.13. The number of amides is 1. The van der Waals surface area contributed by atoms with Crippen LogP contribution in [0.1, 0.15) is 9.67 Å². The van der Waals surface area contributed by atoms with Gasteiger partial charge in [0.2, 0.25) is 0 Å². The van der Waals surface area contributed by atoms with E-state index in [4.69, 9.17) is 9.72 Å². The SMILES string of the molecule is O=C(CN1C(=O)COc2ccc(-c3csc(-c4ccccn4)n3)cc21)c1cccs1. The van der Waals surface area contributed by atoms with Crippen LogP contribution in [0, 0.1) is 0 Å². The fourth-order valence-electron chi connectivity index (χ4n) is 3.21. The molecule has 0 atom stereocenters. The van der Waals surface area contributed by atoms with E-state index in [9.17, 15) is 9.59 Å².